The number of ketones is 1. The molecule has 0 aliphatic carbocycles. The van der Waals surface area contributed by atoms with E-state index in [1.165, 1.54) is 0 Å². The molecular formula is C6H12MgO3. The number of hydrogen-bond acceptors (Lipinski definition) is 2. The van der Waals surface area contributed by atoms with Crippen molar-refractivity contribution in [3.63, 3.8) is 0 Å². The van der Waals surface area contributed by atoms with Crippen molar-refractivity contribution < 1.29 is 14.7 Å². The Labute approximate surface area is 76.0 Å². The maximum Gasteiger partial charge on any atom is 0.372 e. The molecule has 0 atom stereocenters. The van der Waals surface area contributed by atoms with E-state index in [0.717, 1.165) is 0 Å². The van der Waals surface area contributed by atoms with Crippen LogP contribution in [0.25, 0.3) is 0 Å². The van der Waals surface area contributed by atoms with Gasteiger partial charge in [-0.2, -0.15) is 0 Å². The summed E-state index contributed by atoms with van der Waals surface area (Å²) >= 11 is 0. The van der Waals surface area contributed by atoms with Crippen molar-refractivity contribution in [1.29, 1.82) is 0 Å². The van der Waals surface area contributed by atoms with E-state index in [1.54, 1.807) is 20.8 Å². The summed E-state index contributed by atoms with van der Waals surface area (Å²) < 4.78 is 0. The number of aliphatic carboxylic acids is 1. The highest BCUT2D eigenvalue weighted by atomic mass is 24.3. The molecule has 0 aliphatic heterocycles. The van der Waals surface area contributed by atoms with E-state index in [2.05, 4.69) is 0 Å². The molecule has 0 rings (SSSR count). The van der Waals surface area contributed by atoms with E-state index in [0.29, 0.717) is 0 Å². The molecule has 0 aromatic heterocycles. The number of hydrogen-bond donors (Lipinski definition) is 1. The predicted octanol–water partition coefficient (Wildman–Crippen LogP) is -0.230. The zero-order valence-corrected chi connectivity index (χ0v) is 5.76. The van der Waals surface area contributed by atoms with Gasteiger partial charge in [0.1, 0.15) is 0 Å². The lowest BCUT2D eigenvalue weighted by atomic mass is 9.91. The lowest BCUT2D eigenvalue weighted by molar-refractivity contribution is -0.152. The Morgan fingerprint density at radius 1 is 1.20 bits per heavy atom. The number of rotatable bonds is 1. The third-order valence-electron chi connectivity index (χ3n) is 0.875. The van der Waals surface area contributed by atoms with Crippen molar-refractivity contribution in [3.8, 4) is 0 Å². The van der Waals surface area contributed by atoms with Crippen LogP contribution in [0.2, 0.25) is 0 Å². The zero-order valence-electron chi connectivity index (χ0n) is 5.76. The van der Waals surface area contributed by atoms with Crippen LogP contribution < -0.4 is 0 Å². The van der Waals surface area contributed by atoms with E-state index in [9.17, 15) is 9.59 Å². The number of Topliss-reactive ketones (excluding diaryl/α,β-unsaturated/α-hetero) is 1. The molecule has 56 valence electrons. The minimum Gasteiger partial charge on any atom is -0.475 e. The van der Waals surface area contributed by atoms with Gasteiger partial charge in [-0.3, -0.25) is 4.79 Å². The molecule has 0 bridgehead atoms. The van der Waals surface area contributed by atoms with E-state index < -0.39 is 17.2 Å². The van der Waals surface area contributed by atoms with Gasteiger partial charge >= 0.3 is 29.0 Å². The molecule has 0 saturated heterocycles. The van der Waals surface area contributed by atoms with Crippen LogP contribution in [0.3, 0.4) is 0 Å². The van der Waals surface area contributed by atoms with Crippen LogP contribution in [-0.2, 0) is 9.59 Å². The molecule has 0 spiro atoms. The number of carboxylic acids is 1. The van der Waals surface area contributed by atoms with Crippen molar-refractivity contribution in [1.82, 2.24) is 0 Å². The topological polar surface area (TPSA) is 54.4 Å². The summed E-state index contributed by atoms with van der Waals surface area (Å²) in [6, 6.07) is 0. The Balaban J connectivity index is 0. The van der Waals surface area contributed by atoms with Gasteiger partial charge in [0, 0.05) is 5.41 Å². The largest absolute Gasteiger partial charge is 0.475 e. The minimum absolute atomic E-state index is 0. The average molecular weight is 156 g/mol. The summed E-state index contributed by atoms with van der Waals surface area (Å²) in [6.45, 7) is 4.72. The van der Waals surface area contributed by atoms with Gasteiger partial charge < -0.3 is 5.11 Å². The van der Waals surface area contributed by atoms with E-state index in [-0.39, 0.29) is 23.1 Å². The van der Waals surface area contributed by atoms with Crippen molar-refractivity contribution in [2.75, 3.05) is 0 Å². The molecule has 0 fully saturated rings. The molecule has 0 aliphatic rings. The van der Waals surface area contributed by atoms with E-state index in [1.807, 2.05) is 0 Å². The first-order valence-corrected chi connectivity index (χ1v) is 2.63. The normalized spacial score (nSPS) is 9.90. The van der Waals surface area contributed by atoms with Gasteiger partial charge in [-0.1, -0.05) is 20.8 Å². The number of carbonyl (C=O) groups is 2. The Morgan fingerprint density at radius 3 is 1.50 bits per heavy atom. The molecule has 0 unspecified atom stereocenters. The van der Waals surface area contributed by atoms with Gasteiger partial charge in [-0.15, -0.1) is 0 Å². The summed E-state index contributed by atoms with van der Waals surface area (Å²) in [6.07, 6.45) is 0. The molecule has 0 heterocycles. The van der Waals surface area contributed by atoms with Gasteiger partial charge in [-0.25, -0.2) is 4.79 Å². The average Bonchev–Trinajstić information content (AvgIpc) is 1.62. The fourth-order valence-corrected chi connectivity index (χ4v) is 0.321. The van der Waals surface area contributed by atoms with Crippen LogP contribution in [-0.4, -0.2) is 39.9 Å². The SMILES string of the molecule is CC(C)(C)C(=O)C(=O)O.[MgH2]. The predicted molar refractivity (Wildman–Crippen MR) is 40.6 cm³/mol. The maximum absolute atomic E-state index is 10.6. The molecule has 0 radical (unpaired) electrons. The Morgan fingerprint density at radius 2 is 1.50 bits per heavy atom. The molecule has 1 N–H and O–H groups in total. The van der Waals surface area contributed by atoms with Gasteiger partial charge in [0.25, 0.3) is 0 Å². The summed E-state index contributed by atoms with van der Waals surface area (Å²) in [5.74, 6) is -2.11. The molecule has 0 amide bonds. The monoisotopic (exact) mass is 156 g/mol. The fraction of sp³-hybridized carbons (Fsp3) is 0.667. The summed E-state index contributed by atoms with van der Waals surface area (Å²) in [4.78, 5) is 20.6. The molecule has 3 nitrogen and oxygen atoms in total. The van der Waals surface area contributed by atoms with Crippen LogP contribution in [0.5, 0.6) is 0 Å². The Hall–Kier alpha value is -0.0938. The quantitative estimate of drug-likeness (QED) is 0.422. The first-order chi connectivity index (χ1) is 3.85. The van der Waals surface area contributed by atoms with E-state index in [4.69, 9.17) is 5.11 Å². The Kier molecular flexibility index (Phi) is 4.94. The van der Waals surface area contributed by atoms with Crippen molar-refractivity contribution in [2.24, 2.45) is 5.41 Å². The highest BCUT2D eigenvalue weighted by Gasteiger charge is 2.27. The minimum atomic E-state index is -1.36. The second kappa shape index (κ2) is 3.93. The first-order valence-electron chi connectivity index (χ1n) is 2.63. The van der Waals surface area contributed by atoms with Gasteiger partial charge in [0.05, 0.1) is 0 Å². The molecular weight excluding hydrogens is 144 g/mol. The van der Waals surface area contributed by atoms with Crippen LogP contribution in [0.4, 0.5) is 0 Å². The standard InChI is InChI=1S/C6H10O3.Mg.2H/c1-6(2,3)4(7)5(8)9;;;/h1-3H3,(H,8,9);;;. The molecule has 0 saturated carbocycles. The lowest BCUT2D eigenvalue weighted by Gasteiger charge is -2.11. The van der Waals surface area contributed by atoms with E-state index >= 15 is 0 Å². The number of carboxylic acid groups (broad SMARTS) is 1. The summed E-state index contributed by atoms with van der Waals surface area (Å²) in [7, 11) is 0. The Bertz CT molecular complexity index is 146. The molecule has 10 heavy (non-hydrogen) atoms. The summed E-state index contributed by atoms with van der Waals surface area (Å²) in [5.41, 5.74) is -0.758. The number of carbonyl (C=O) groups excluding carboxylic acids is 1. The maximum atomic E-state index is 10.6. The zero-order chi connectivity index (χ0) is 7.65. The van der Waals surface area contributed by atoms with Crippen molar-refractivity contribution >= 4 is 34.8 Å². The van der Waals surface area contributed by atoms with Crippen LogP contribution in [0.15, 0.2) is 0 Å². The smallest absolute Gasteiger partial charge is 0.372 e. The van der Waals surface area contributed by atoms with Crippen LogP contribution in [0.1, 0.15) is 20.8 Å². The third-order valence-corrected chi connectivity index (χ3v) is 0.875. The van der Waals surface area contributed by atoms with Crippen molar-refractivity contribution in [2.45, 2.75) is 20.8 Å². The third kappa shape index (κ3) is 3.84. The molecule has 0 aromatic rings. The highest BCUT2D eigenvalue weighted by molar-refractivity contribution is 6.34. The molecule has 0 aromatic carbocycles. The second-order valence-corrected chi connectivity index (χ2v) is 2.88. The molecule has 4 heteroatoms. The van der Waals surface area contributed by atoms with Gasteiger partial charge in [-0.05, 0) is 0 Å². The second-order valence-electron chi connectivity index (χ2n) is 2.88. The lowest BCUT2D eigenvalue weighted by Crippen LogP contribution is -2.27. The van der Waals surface area contributed by atoms with Crippen LogP contribution in [0, 0.1) is 5.41 Å². The van der Waals surface area contributed by atoms with Gasteiger partial charge in [0.15, 0.2) is 0 Å². The van der Waals surface area contributed by atoms with Gasteiger partial charge in [0.2, 0.25) is 5.78 Å². The fourth-order valence-electron chi connectivity index (χ4n) is 0.321. The highest BCUT2D eigenvalue weighted by Crippen LogP contribution is 2.13. The van der Waals surface area contributed by atoms with Crippen LogP contribution >= 0.6 is 0 Å². The van der Waals surface area contributed by atoms with Crippen molar-refractivity contribution in [3.05, 3.63) is 0 Å². The summed E-state index contributed by atoms with van der Waals surface area (Å²) in [5, 5.41) is 8.17. The first kappa shape index (κ1) is 12.6.